The van der Waals surface area contributed by atoms with E-state index in [9.17, 15) is 4.79 Å². The van der Waals surface area contributed by atoms with Gasteiger partial charge in [-0.25, -0.2) is 9.67 Å². The van der Waals surface area contributed by atoms with Gasteiger partial charge < -0.3 is 0 Å². The average Bonchev–Trinajstić information content (AvgIpc) is 3.49. The first-order valence-corrected chi connectivity index (χ1v) is 13.6. The first-order valence-electron chi connectivity index (χ1n) is 12.8. The number of allylic oxidation sites excluding steroid dienone is 5. The lowest BCUT2D eigenvalue weighted by atomic mass is 10.3. The second-order valence-corrected chi connectivity index (χ2v) is 9.28. The zero-order valence-electron chi connectivity index (χ0n) is 22.8. The summed E-state index contributed by atoms with van der Waals surface area (Å²) in [4.78, 5) is 22.8. The largest absolute Gasteiger partial charge is 0.292 e. The van der Waals surface area contributed by atoms with Gasteiger partial charge in [0.15, 0.2) is 5.65 Å². The molecule has 4 heterocycles. The van der Waals surface area contributed by atoms with E-state index in [0.717, 1.165) is 37.7 Å². The molecule has 5 aromatic rings. The molecular formula is C31H35N5OS. The highest BCUT2D eigenvalue weighted by Gasteiger charge is 2.21. The van der Waals surface area contributed by atoms with Crippen molar-refractivity contribution in [1.82, 2.24) is 24.3 Å². The van der Waals surface area contributed by atoms with E-state index >= 15 is 0 Å². The third-order valence-electron chi connectivity index (χ3n) is 5.65. The predicted molar refractivity (Wildman–Crippen MR) is 161 cm³/mol. The first-order chi connectivity index (χ1) is 18.6. The minimum Gasteiger partial charge on any atom is -0.288 e. The summed E-state index contributed by atoms with van der Waals surface area (Å²) in [6.45, 7) is 13.9. The predicted octanol–water partition coefficient (Wildman–Crippen LogP) is 7.52. The molecule has 0 bridgehead atoms. The minimum absolute atomic E-state index is 0.112. The summed E-state index contributed by atoms with van der Waals surface area (Å²) in [5.41, 5.74) is 4.26. The molecule has 5 rings (SSSR count). The van der Waals surface area contributed by atoms with Crippen LogP contribution in [0.15, 0.2) is 102 Å². The standard InChI is InChI=1S/C24H21N5OS.C5H8.C2H6/c1-3-16(2)15-28-24(30)21-19(14-26-28)22-23(29(21)18-10-5-4-6-11-18)27-20(31-22)13-17-9-7-8-12-25-17;1-3-5-4-2;1-2/h3-12,14H,13,15H2,1-2H3;3-5H,1H2,2H3;1-2H3/b16-3+;5-4-;. The minimum atomic E-state index is -0.112. The van der Waals surface area contributed by atoms with Crippen LogP contribution in [0.5, 0.6) is 0 Å². The van der Waals surface area contributed by atoms with Gasteiger partial charge in [-0.05, 0) is 45.0 Å². The van der Waals surface area contributed by atoms with Crippen molar-refractivity contribution in [3.05, 3.63) is 118 Å². The molecule has 196 valence electrons. The Kier molecular flexibility index (Phi) is 10.5. The number of nitrogens with zero attached hydrogens (tertiary/aromatic N) is 5. The molecule has 4 aromatic heterocycles. The Labute approximate surface area is 228 Å². The molecule has 0 unspecified atom stereocenters. The number of aromatic nitrogens is 5. The summed E-state index contributed by atoms with van der Waals surface area (Å²) in [7, 11) is 0. The van der Waals surface area contributed by atoms with Crippen LogP contribution in [0.1, 0.15) is 45.3 Å². The highest BCUT2D eigenvalue weighted by molar-refractivity contribution is 7.19. The van der Waals surface area contributed by atoms with E-state index in [2.05, 4.69) is 16.7 Å². The van der Waals surface area contributed by atoms with Gasteiger partial charge in [-0.15, -0.1) is 11.3 Å². The van der Waals surface area contributed by atoms with Gasteiger partial charge in [0.25, 0.3) is 5.56 Å². The van der Waals surface area contributed by atoms with Crippen LogP contribution in [-0.4, -0.2) is 24.3 Å². The average molecular weight is 526 g/mol. The van der Waals surface area contributed by atoms with Gasteiger partial charge in [0.1, 0.15) is 10.5 Å². The summed E-state index contributed by atoms with van der Waals surface area (Å²) >= 11 is 1.60. The van der Waals surface area contributed by atoms with Crippen LogP contribution in [0.4, 0.5) is 0 Å². The maximum absolute atomic E-state index is 13.4. The molecule has 0 aliphatic heterocycles. The second kappa shape index (κ2) is 14.0. The molecule has 1 aromatic carbocycles. The maximum Gasteiger partial charge on any atom is 0.292 e. The molecule has 0 N–H and O–H groups in total. The summed E-state index contributed by atoms with van der Waals surface area (Å²) in [6, 6.07) is 15.8. The highest BCUT2D eigenvalue weighted by atomic mass is 32.1. The fraction of sp³-hybridized carbons (Fsp3) is 0.226. The summed E-state index contributed by atoms with van der Waals surface area (Å²) in [5, 5.41) is 6.26. The fourth-order valence-electron chi connectivity index (χ4n) is 3.79. The van der Waals surface area contributed by atoms with Crippen LogP contribution in [-0.2, 0) is 13.0 Å². The van der Waals surface area contributed by atoms with Gasteiger partial charge in [-0.3, -0.25) is 14.3 Å². The van der Waals surface area contributed by atoms with Crippen molar-refractivity contribution in [3.8, 4) is 5.69 Å². The monoisotopic (exact) mass is 525 g/mol. The molecule has 0 aliphatic carbocycles. The van der Waals surface area contributed by atoms with E-state index in [-0.39, 0.29) is 5.56 Å². The second-order valence-electron chi connectivity index (χ2n) is 8.20. The smallest absolute Gasteiger partial charge is 0.288 e. The molecule has 0 saturated heterocycles. The first kappa shape index (κ1) is 28.5. The Morgan fingerprint density at radius 2 is 1.82 bits per heavy atom. The third-order valence-corrected chi connectivity index (χ3v) is 6.72. The van der Waals surface area contributed by atoms with E-state index in [1.54, 1.807) is 29.8 Å². The molecule has 38 heavy (non-hydrogen) atoms. The summed E-state index contributed by atoms with van der Waals surface area (Å²) in [6.07, 6.45) is 11.8. The van der Waals surface area contributed by atoms with Crippen LogP contribution < -0.4 is 5.56 Å². The molecule has 0 aliphatic rings. The number of para-hydroxylation sites is 1. The Bertz CT molecular complexity index is 1590. The molecule has 0 fully saturated rings. The number of rotatable bonds is 6. The van der Waals surface area contributed by atoms with E-state index in [1.807, 2.05) is 106 Å². The lowest BCUT2D eigenvalue weighted by Gasteiger charge is -2.08. The van der Waals surface area contributed by atoms with E-state index < -0.39 is 0 Å². The van der Waals surface area contributed by atoms with Crippen molar-refractivity contribution in [2.45, 2.75) is 47.6 Å². The number of thiazole rings is 1. The number of hydrogen-bond acceptors (Lipinski definition) is 5. The van der Waals surface area contributed by atoms with Gasteiger partial charge in [-0.2, -0.15) is 5.10 Å². The molecule has 0 spiro atoms. The van der Waals surface area contributed by atoms with Gasteiger partial charge in [0.2, 0.25) is 0 Å². The lowest BCUT2D eigenvalue weighted by molar-refractivity contribution is 0.636. The van der Waals surface area contributed by atoms with Crippen molar-refractivity contribution in [2.75, 3.05) is 0 Å². The van der Waals surface area contributed by atoms with Crippen molar-refractivity contribution in [1.29, 1.82) is 0 Å². The summed E-state index contributed by atoms with van der Waals surface area (Å²) < 4.78 is 4.47. The van der Waals surface area contributed by atoms with Gasteiger partial charge in [0, 0.05) is 29.4 Å². The third kappa shape index (κ3) is 6.42. The van der Waals surface area contributed by atoms with Crippen LogP contribution in [0.25, 0.3) is 26.9 Å². The number of hydrogen-bond donors (Lipinski definition) is 0. The van der Waals surface area contributed by atoms with Gasteiger partial charge in [0.05, 0.1) is 17.4 Å². The lowest BCUT2D eigenvalue weighted by Crippen LogP contribution is -2.24. The highest BCUT2D eigenvalue weighted by Crippen LogP contribution is 2.34. The molecule has 0 amide bonds. The van der Waals surface area contributed by atoms with E-state index in [4.69, 9.17) is 4.98 Å². The fourth-order valence-corrected chi connectivity index (χ4v) is 4.86. The maximum atomic E-state index is 13.4. The normalized spacial score (nSPS) is 11.2. The Hall–Kier alpha value is -4.10. The Morgan fingerprint density at radius 3 is 2.42 bits per heavy atom. The van der Waals surface area contributed by atoms with Crippen molar-refractivity contribution >= 4 is 32.6 Å². The number of fused-ring (bicyclic) bond motifs is 3. The van der Waals surface area contributed by atoms with Crippen LogP contribution >= 0.6 is 11.3 Å². The molecule has 0 atom stereocenters. The molecule has 6 nitrogen and oxygen atoms in total. The van der Waals surface area contributed by atoms with Crippen LogP contribution in [0.3, 0.4) is 0 Å². The van der Waals surface area contributed by atoms with Gasteiger partial charge in [-0.1, -0.05) is 74.6 Å². The van der Waals surface area contributed by atoms with Gasteiger partial charge >= 0.3 is 0 Å². The Balaban J connectivity index is 0.000000515. The van der Waals surface area contributed by atoms with E-state index in [0.29, 0.717) is 18.5 Å². The summed E-state index contributed by atoms with van der Waals surface area (Å²) in [5.74, 6) is 0. The van der Waals surface area contributed by atoms with Crippen molar-refractivity contribution in [3.63, 3.8) is 0 Å². The zero-order chi connectivity index (χ0) is 27.5. The number of benzene rings is 1. The molecule has 0 radical (unpaired) electrons. The zero-order valence-corrected chi connectivity index (χ0v) is 23.6. The molecule has 7 heteroatoms. The number of pyridine rings is 1. The van der Waals surface area contributed by atoms with Crippen molar-refractivity contribution in [2.24, 2.45) is 0 Å². The van der Waals surface area contributed by atoms with Crippen LogP contribution in [0, 0.1) is 0 Å². The van der Waals surface area contributed by atoms with Crippen LogP contribution in [0.2, 0.25) is 0 Å². The van der Waals surface area contributed by atoms with E-state index in [1.165, 1.54) is 4.68 Å². The molecule has 0 saturated carbocycles. The quantitative estimate of drug-likeness (QED) is 0.170. The molecular weight excluding hydrogens is 490 g/mol. The Morgan fingerprint density at radius 1 is 1.08 bits per heavy atom. The SMILES string of the molecule is C/C=C(\C)Cn1ncc2c3sc(Cc4ccccn4)nc3n(-c3ccccc3)c2c1=O.C=C/C=C\C.CC. The topological polar surface area (TPSA) is 65.6 Å². The van der Waals surface area contributed by atoms with Crippen molar-refractivity contribution < 1.29 is 0 Å².